The van der Waals surface area contributed by atoms with Gasteiger partial charge in [0, 0.05) is 29.4 Å². The van der Waals surface area contributed by atoms with E-state index in [2.05, 4.69) is 53.3 Å². The van der Waals surface area contributed by atoms with Gasteiger partial charge in [-0.05, 0) is 48.1 Å². The van der Waals surface area contributed by atoms with Crippen LogP contribution in [0.15, 0.2) is 60.9 Å². The Morgan fingerprint density at radius 2 is 1.31 bits per heavy atom. The monoisotopic (exact) mass is 364 g/mol. The van der Waals surface area contributed by atoms with Crippen LogP contribution in [0.5, 0.6) is 0 Å². The van der Waals surface area contributed by atoms with E-state index in [0.717, 1.165) is 35.7 Å². The molecule has 0 aliphatic rings. The van der Waals surface area contributed by atoms with Crippen LogP contribution in [0.2, 0.25) is 5.02 Å². The summed E-state index contributed by atoms with van der Waals surface area (Å²) in [7, 11) is 0. The molecule has 2 aromatic carbocycles. The molecule has 26 heavy (non-hydrogen) atoms. The summed E-state index contributed by atoms with van der Waals surface area (Å²) in [6.07, 6.45) is 10.6. The molecule has 3 rings (SSSR count). The molecule has 1 heterocycles. The number of hydrogen-bond donors (Lipinski definition) is 0. The lowest BCUT2D eigenvalue weighted by Crippen LogP contribution is -1.98. The molecule has 0 aliphatic heterocycles. The number of unbranched alkanes of at least 4 members (excludes halogenated alkanes) is 2. The minimum Gasteiger partial charge on any atom is -0.241 e. The van der Waals surface area contributed by atoms with Crippen LogP contribution < -0.4 is 0 Å². The van der Waals surface area contributed by atoms with Gasteiger partial charge in [0.2, 0.25) is 0 Å². The molecule has 0 N–H and O–H groups in total. The number of aromatic nitrogens is 2. The average Bonchev–Trinajstić information content (AvgIpc) is 2.69. The molecule has 1 aromatic heterocycles. The van der Waals surface area contributed by atoms with Crippen molar-refractivity contribution in [3.63, 3.8) is 0 Å². The summed E-state index contributed by atoms with van der Waals surface area (Å²) in [5.41, 5.74) is 4.90. The Hall–Kier alpha value is -2.19. The maximum Gasteiger partial charge on any atom is 0.128 e. The predicted octanol–water partition coefficient (Wildman–Crippen LogP) is 6.31. The van der Waals surface area contributed by atoms with Crippen LogP contribution in [0.3, 0.4) is 0 Å². The number of nitrogens with zero attached hydrogens (tertiary/aromatic N) is 2. The van der Waals surface area contributed by atoms with Crippen molar-refractivity contribution in [1.82, 2.24) is 9.97 Å². The zero-order valence-electron chi connectivity index (χ0n) is 15.3. The topological polar surface area (TPSA) is 25.8 Å². The molecule has 3 heteroatoms. The van der Waals surface area contributed by atoms with Gasteiger partial charge in [-0.3, -0.25) is 0 Å². The Balaban J connectivity index is 1.57. The summed E-state index contributed by atoms with van der Waals surface area (Å²) in [4.78, 5) is 9.07. The molecule has 3 aromatic rings. The lowest BCUT2D eigenvalue weighted by Gasteiger charge is -2.06. The smallest absolute Gasteiger partial charge is 0.128 e. The van der Waals surface area contributed by atoms with Gasteiger partial charge in [0.1, 0.15) is 5.82 Å². The molecule has 0 radical (unpaired) electrons. The van der Waals surface area contributed by atoms with Gasteiger partial charge in [-0.25, -0.2) is 9.97 Å². The first-order chi connectivity index (χ1) is 12.7. The van der Waals surface area contributed by atoms with E-state index < -0.39 is 0 Å². The highest BCUT2D eigenvalue weighted by atomic mass is 35.5. The number of hydrogen-bond acceptors (Lipinski definition) is 2. The Morgan fingerprint density at radius 1 is 0.692 bits per heavy atom. The summed E-state index contributed by atoms with van der Waals surface area (Å²) in [6.45, 7) is 2.24. The second kappa shape index (κ2) is 9.49. The third-order valence-corrected chi connectivity index (χ3v) is 4.86. The average molecular weight is 365 g/mol. The van der Waals surface area contributed by atoms with Crippen molar-refractivity contribution in [3.8, 4) is 11.1 Å². The van der Waals surface area contributed by atoms with Crippen molar-refractivity contribution >= 4 is 11.6 Å². The first kappa shape index (κ1) is 18.6. The van der Waals surface area contributed by atoms with Gasteiger partial charge in [0.15, 0.2) is 0 Å². The van der Waals surface area contributed by atoms with E-state index in [-0.39, 0.29) is 0 Å². The van der Waals surface area contributed by atoms with E-state index in [4.69, 9.17) is 11.6 Å². The van der Waals surface area contributed by atoms with Gasteiger partial charge in [0.25, 0.3) is 0 Å². The highest BCUT2D eigenvalue weighted by Gasteiger charge is 2.03. The van der Waals surface area contributed by atoms with Crippen LogP contribution in [0, 0.1) is 0 Å². The molecule has 0 atom stereocenters. The second-order valence-electron chi connectivity index (χ2n) is 6.67. The SMILES string of the molecule is CCCCCc1ccc(-c2cnc(CCc3ccc(Cl)cc3)nc2)cc1. The minimum atomic E-state index is 0.769. The maximum atomic E-state index is 5.92. The van der Waals surface area contributed by atoms with Crippen LogP contribution in [-0.2, 0) is 19.3 Å². The molecule has 0 bridgehead atoms. The molecule has 0 saturated carbocycles. The van der Waals surface area contributed by atoms with Gasteiger partial charge < -0.3 is 0 Å². The van der Waals surface area contributed by atoms with E-state index in [0.29, 0.717) is 0 Å². The van der Waals surface area contributed by atoms with Gasteiger partial charge in [0.05, 0.1) is 0 Å². The fraction of sp³-hybridized carbons (Fsp3) is 0.304. The third-order valence-electron chi connectivity index (χ3n) is 4.61. The van der Waals surface area contributed by atoms with Gasteiger partial charge in [-0.2, -0.15) is 0 Å². The van der Waals surface area contributed by atoms with E-state index in [9.17, 15) is 0 Å². The highest BCUT2D eigenvalue weighted by Crippen LogP contribution is 2.19. The molecule has 0 amide bonds. The number of benzene rings is 2. The minimum absolute atomic E-state index is 0.769. The quantitative estimate of drug-likeness (QED) is 0.437. The van der Waals surface area contributed by atoms with Gasteiger partial charge >= 0.3 is 0 Å². The zero-order chi connectivity index (χ0) is 18.2. The van der Waals surface area contributed by atoms with Crippen molar-refractivity contribution in [3.05, 3.63) is 82.9 Å². The first-order valence-corrected chi connectivity index (χ1v) is 9.77. The van der Waals surface area contributed by atoms with E-state index in [1.807, 2.05) is 24.5 Å². The largest absolute Gasteiger partial charge is 0.241 e. The number of rotatable bonds is 8. The van der Waals surface area contributed by atoms with Gasteiger partial charge in [-0.1, -0.05) is 67.8 Å². The van der Waals surface area contributed by atoms with Crippen molar-refractivity contribution < 1.29 is 0 Å². The molecule has 0 fully saturated rings. The molecule has 0 spiro atoms. The Labute approximate surface area is 161 Å². The van der Waals surface area contributed by atoms with Crippen LogP contribution in [0.4, 0.5) is 0 Å². The standard InChI is InChI=1S/C23H25ClN2/c1-2-3-4-5-18-6-11-20(12-7-18)21-16-25-23(26-17-21)15-10-19-8-13-22(24)14-9-19/h6-9,11-14,16-17H,2-5,10,15H2,1H3. The summed E-state index contributed by atoms with van der Waals surface area (Å²) < 4.78 is 0. The normalized spacial score (nSPS) is 10.8. The van der Waals surface area contributed by atoms with E-state index in [1.54, 1.807) is 0 Å². The third kappa shape index (κ3) is 5.40. The molecule has 0 unspecified atom stereocenters. The first-order valence-electron chi connectivity index (χ1n) is 9.39. The van der Waals surface area contributed by atoms with Crippen molar-refractivity contribution in [2.24, 2.45) is 0 Å². The molecular formula is C23H25ClN2. The highest BCUT2D eigenvalue weighted by molar-refractivity contribution is 6.30. The summed E-state index contributed by atoms with van der Waals surface area (Å²) in [6, 6.07) is 16.7. The molecule has 134 valence electrons. The lowest BCUT2D eigenvalue weighted by atomic mass is 10.0. The van der Waals surface area contributed by atoms with E-state index in [1.165, 1.54) is 36.0 Å². The summed E-state index contributed by atoms with van der Waals surface area (Å²) in [5, 5.41) is 0.769. The Kier molecular flexibility index (Phi) is 6.79. The number of aryl methyl sites for hydroxylation is 3. The summed E-state index contributed by atoms with van der Waals surface area (Å²) in [5.74, 6) is 0.875. The number of halogens is 1. The Morgan fingerprint density at radius 3 is 1.96 bits per heavy atom. The van der Waals surface area contributed by atoms with Gasteiger partial charge in [-0.15, -0.1) is 0 Å². The molecular weight excluding hydrogens is 340 g/mol. The van der Waals surface area contributed by atoms with Crippen molar-refractivity contribution in [1.29, 1.82) is 0 Å². The van der Waals surface area contributed by atoms with Crippen LogP contribution in [0.1, 0.15) is 43.1 Å². The zero-order valence-corrected chi connectivity index (χ0v) is 16.0. The molecule has 0 saturated heterocycles. The van der Waals surface area contributed by atoms with E-state index >= 15 is 0 Å². The summed E-state index contributed by atoms with van der Waals surface area (Å²) >= 11 is 5.92. The molecule has 2 nitrogen and oxygen atoms in total. The maximum absolute atomic E-state index is 5.92. The van der Waals surface area contributed by atoms with Crippen molar-refractivity contribution in [2.45, 2.75) is 45.4 Å². The van der Waals surface area contributed by atoms with Crippen molar-refractivity contribution in [2.75, 3.05) is 0 Å². The lowest BCUT2D eigenvalue weighted by molar-refractivity contribution is 0.717. The predicted molar refractivity (Wildman–Crippen MR) is 110 cm³/mol. The second-order valence-corrected chi connectivity index (χ2v) is 7.10. The fourth-order valence-electron chi connectivity index (χ4n) is 2.98. The Bertz CT molecular complexity index is 793. The van der Waals surface area contributed by atoms with Crippen LogP contribution in [0.25, 0.3) is 11.1 Å². The van der Waals surface area contributed by atoms with Crippen LogP contribution in [-0.4, -0.2) is 9.97 Å². The van der Waals surface area contributed by atoms with Crippen LogP contribution >= 0.6 is 11.6 Å². The fourth-order valence-corrected chi connectivity index (χ4v) is 3.11. The molecule has 0 aliphatic carbocycles.